The van der Waals surface area contributed by atoms with Crippen molar-refractivity contribution in [1.29, 1.82) is 21.0 Å². The van der Waals surface area contributed by atoms with E-state index in [1.807, 2.05) is 24.3 Å². The smallest absolute Gasteiger partial charge is 0.414 e. The second-order valence-corrected chi connectivity index (χ2v) is 5.12. The second-order valence-electron chi connectivity index (χ2n) is 5.12. The van der Waals surface area contributed by atoms with Crippen LogP contribution >= 0.6 is 0 Å². The van der Waals surface area contributed by atoms with Gasteiger partial charge < -0.3 is 4.74 Å². The molecule has 3 aliphatic rings. The highest BCUT2D eigenvalue weighted by molar-refractivity contribution is 5.71. The molecular weight excluding hydrogens is 282 g/mol. The molecule has 3 rings (SSSR count). The summed E-state index contributed by atoms with van der Waals surface area (Å²) in [6.07, 6.45) is 3.66. The lowest BCUT2D eigenvalue weighted by Gasteiger charge is -2.44. The number of ether oxygens (including phenoxy) is 1. The Morgan fingerprint density at radius 3 is 2.18 bits per heavy atom. The quantitative estimate of drug-likeness (QED) is 0.624. The van der Waals surface area contributed by atoms with Crippen LogP contribution in [0.1, 0.15) is 6.92 Å². The van der Waals surface area contributed by atoms with Crippen molar-refractivity contribution in [3.05, 3.63) is 23.9 Å². The number of amides is 1. The second kappa shape index (κ2) is 4.92. The van der Waals surface area contributed by atoms with Crippen molar-refractivity contribution in [2.24, 2.45) is 16.7 Å². The Morgan fingerprint density at radius 2 is 1.73 bits per heavy atom. The largest absolute Gasteiger partial charge is 0.452 e. The molecule has 1 amide bonds. The summed E-state index contributed by atoms with van der Waals surface area (Å²) in [5, 5.41) is 38.5. The normalized spacial score (nSPS) is 26.5. The highest BCUT2D eigenvalue weighted by Crippen LogP contribution is 2.56. The molecule has 7 heteroatoms. The molecule has 2 aliphatic heterocycles. The zero-order valence-electron chi connectivity index (χ0n) is 11.9. The van der Waals surface area contributed by atoms with E-state index in [2.05, 4.69) is 4.74 Å². The predicted molar refractivity (Wildman–Crippen MR) is 71.7 cm³/mol. The molecule has 0 aromatic rings. The Bertz CT molecular complexity index is 725. The summed E-state index contributed by atoms with van der Waals surface area (Å²) in [6.45, 7) is 1.70. The number of carbonyl (C=O) groups is 1. The summed E-state index contributed by atoms with van der Waals surface area (Å²) in [6, 6.07) is 6.29. The van der Waals surface area contributed by atoms with Crippen molar-refractivity contribution in [3.63, 3.8) is 0 Å². The van der Waals surface area contributed by atoms with Gasteiger partial charge in [-0.05, 0) is 6.92 Å². The molecule has 108 valence electrons. The molecule has 2 heterocycles. The average molecular weight is 293 g/mol. The topological polar surface area (TPSA) is 125 Å². The fraction of sp³-hybridized carbons (Fsp3) is 0.400. The molecule has 22 heavy (non-hydrogen) atoms. The number of hydrogen-bond acceptors (Lipinski definition) is 6. The van der Waals surface area contributed by atoms with Crippen LogP contribution in [0.2, 0.25) is 0 Å². The number of methoxy groups -OCH3 is 1. The highest BCUT2D eigenvalue weighted by Gasteiger charge is 2.67. The molecule has 0 spiro atoms. The monoisotopic (exact) mass is 293 g/mol. The van der Waals surface area contributed by atoms with Crippen molar-refractivity contribution in [2.45, 2.75) is 13.0 Å². The van der Waals surface area contributed by atoms with E-state index >= 15 is 0 Å². The van der Waals surface area contributed by atoms with Crippen LogP contribution in [0.3, 0.4) is 0 Å². The van der Waals surface area contributed by atoms with Gasteiger partial charge in [0.2, 0.25) is 0 Å². The fourth-order valence-electron chi connectivity index (χ4n) is 3.11. The molecule has 0 saturated carbocycles. The molecule has 7 nitrogen and oxygen atoms in total. The lowest BCUT2D eigenvalue weighted by molar-refractivity contribution is 0.0987. The molecule has 0 N–H and O–H groups in total. The Balaban J connectivity index is 2.86. The Labute approximate surface area is 127 Å². The van der Waals surface area contributed by atoms with Crippen LogP contribution < -0.4 is 0 Å². The first-order valence-electron chi connectivity index (χ1n) is 6.36. The summed E-state index contributed by atoms with van der Waals surface area (Å²) in [5.41, 5.74) is -3.27. The molecule has 0 aromatic heterocycles. The average Bonchev–Trinajstić information content (AvgIpc) is 2.79. The molecule has 0 fully saturated rings. The van der Waals surface area contributed by atoms with Crippen LogP contribution in [0, 0.1) is 62.1 Å². The van der Waals surface area contributed by atoms with E-state index in [9.17, 15) is 25.8 Å². The van der Waals surface area contributed by atoms with Crippen molar-refractivity contribution >= 4 is 6.09 Å². The third kappa shape index (κ3) is 1.48. The van der Waals surface area contributed by atoms with Gasteiger partial charge in [0.05, 0.1) is 37.4 Å². The van der Waals surface area contributed by atoms with E-state index < -0.39 is 28.9 Å². The third-order valence-corrected chi connectivity index (χ3v) is 4.27. The number of hydrogen-bond donors (Lipinski definition) is 0. The number of carbonyl (C=O) groups excluding carboxylic acids is 1. The Kier molecular flexibility index (Phi) is 3.38. The molecule has 0 aromatic carbocycles. The van der Waals surface area contributed by atoms with Crippen LogP contribution in [0.25, 0.3) is 0 Å². The van der Waals surface area contributed by atoms with Gasteiger partial charge in [0.15, 0.2) is 10.8 Å². The molecular formula is C15H11N5O2. The zero-order valence-corrected chi connectivity index (χ0v) is 11.9. The highest BCUT2D eigenvalue weighted by atomic mass is 16.5. The number of allylic oxidation sites excluding steroid dienone is 2. The van der Waals surface area contributed by atoms with Crippen LogP contribution in [-0.4, -0.2) is 24.1 Å². The van der Waals surface area contributed by atoms with Gasteiger partial charge in [-0.3, -0.25) is 4.90 Å². The van der Waals surface area contributed by atoms with Gasteiger partial charge in [0, 0.05) is 12.1 Å². The van der Waals surface area contributed by atoms with E-state index in [0.29, 0.717) is 5.57 Å². The summed E-state index contributed by atoms with van der Waals surface area (Å²) >= 11 is 0. The van der Waals surface area contributed by atoms with E-state index in [1.165, 1.54) is 19.4 Å². The van der Waals surface area contributed by atoms with E-state index in [1.54, 1.807) is 13.0 Å². The maximum absolute atomic E-state index is 12.0. The molecule has 0 unspecified atom stereocenters. The van der Waals surface area contributed by atoms with Crippen molar-refractivity contribution in [3.8, 4) is 24.3 Å². The van der Waals surface area contributed by atoms with E-state index in [-0.39, 0.29) is 0 Å². The first-order valence-corrected chi connectivity index (χ1v) is 6.36. The predicted octanol–water partition coefficient (Wildman–Crippen LogP) is 1.59. The standard InChI is InChI=1S/C15H11N5O2/c1-10-5-12-15(8-18,9-19)14(6-16,7-17)11(10)3-4-20(12)13(21)22-2/h3-5,11-12H,1-2H3/t11-,12+/m1/s1. The van der Waals surface area contributed by atoms with Crippen LogP contribution in [0.5, 0.6) is 0 Å². The van der Waals surface area contributed by atoms with Crippen LogP contribution in [-0.2, 0) is 4.74 Å². The van der Waals surface area contributed by atoms with Gasteiger partial charge in [-0.15, -0.1) is 0 Å². The summed E-state index contributed by atoms with van der Waals surface area (Å²) < 4.78 is 4.67. The Morgan fingerprint density at radius 1 is 1.18 bits per heavy atom. The van der Waals surface area contributed by atoms with Gasteiger partial charge >= 0.3 is 6.09 Å². The molecule has 2 bridgehead atoms. The maximum atomic E-state index is 12.0. The first-order chi connectivity index (χ1) is 10.5. The van der Waals surface area contributed by atoms with Crippen molar-refractivity contribution in [1.82, 2.24) is 4.90 Å². The zero-order chi connectivity index (χ0) is 16.5. The maximum Gasteiger partial charge on any atom is 0.414 e. The molecule has 0 radical (unpaired) electrons. The lowest BCUT2D eigenvalue weighted by atomic mass is 9.52. The van der Waals surface area contributed by atoms with Gasteiger partial charge in [-0.2, -0.15) is 21.0 Å². The Hall–Kier alpha value is -3.29. The van der Waals surface area contributed by atoms with Gasteiger partial charge in [0.1, 0.15) is 0 Å². The van der Waals surface area contributed by atoms with Gasteiger partial charge in [-0.25, -0.2) is 4.79 Å². The number of rotatable bonds is 0. The number of fused-ring (bicyclic) bond motifs is 2. The summed E-state index contributed by atoms with van der Waals surface area (Å²) in [4.78, 5) is 13.0. The van der Waals surface area contributed by atoms with Crippen molar-refractivity contribution in [2.75, 3.05) is 7.11 Å². The fourth-order valence-corrected chi connectivity index (χ4v) is 3.11. The molecule has 1 aliphatic carbocycles. The van der Waals surface area contributed by atoms with Crippen LogP contribution in [0.15, 0.2) is 23.9 Å². The lowest BCUT2D eigenvalue weighted by Crippen LogP contribution is -2.57. The van der Waals surface area contributed by atoms with E-state index in [0.717, 1.165) is 4.90 Å². The van der Waals surface area contributed by atoms with Gasteiger partial charge in [0.25, 0.3) is 0 Å². The summed E-state index contributed by atoms with van der Waals surface area (Å²) in [5.74, 6) is -0.757. The van der Waals surface area contributed by atoms with Crippen LogP contribution in [0.4, 0.5) is 4.79 Å². The van der Waals surface area contributed by atoms with Gasteiger partial charge in [-0.1, -0.05) is 17.7 Å². The third-order valence-electron chi connectivity index (χ3n) is 4.27. The first kappa shape index (κ1) is 15.1. The van der Waals surface area contributed by atoms with Crippen molar-refractivity contribution < 1.29 is 9.53 Å². The SMILES string of the molecule is COC(=O)N1C=C[C@@H]2C(C)=C[C@H]1C(C#N)(C#N)C2(C#N)C#N. The summed E-state index contributed by atoms with van der Waals surface area (Å²) in [7, 11) is 1.17. The number of nitriles is 4. The minimum Gasteiger partial charge on any atom is -0.452 e. The molecule has 0 saturated heterocycles. The minimum absolute atomic E-state index is 0.650. The minimum atomic E-state index is -2.02. The van der Waals surface area contributed by atoms with E-state index in [4.69, 9.17) is 0 Å². The molecule has 2 atom stereocenters. The number of nitrogens with zero attached hydrogens (tertiary/aromatic N) is 5.